The van der Waals surface area contributed by atoms with Crippen molar-refractivity contribution in [1.82, 2.24) is 10.2 Å². The topological polar surface area (TPSA) is 417 Å². The predicted molar refractivity (Wildman–Crippen MR) is 463 cm³/mol. The van der Waals surface area contributed by atoms with Crippen LogP contribution in [0.3, 0.4) is 0 Å². The molecular weight excluding hydrogens is 1640 g/mol. The van der Waals surface area contributed by atoms with Crippen molar-refractivity contribution in [2.45, 2.75) is 288 Å². The third kappa shape index (κ3) is 21.8. The maximum atomic E-state index is 15.5. The van der Waals surface area contributed by atoms with Crippen LogP contribution < -0.4 is 5.32 Å². The molecule has 3 saturated heterocycles. The van der Waals surface area contributed by atoms with Gasteiger partial charge < -0.3 is 88.2 Å². The highest BCUT2D eigenvalue weighted by molar-refractivity contribution is 6.39. The largest absolute Gasteiger partial charge is 0.460 e. The summed E-state index contributed by atoms with van der Waals surface area (Å²) in [5.41, 5.74) is -5.75. The summed E-state index contributed by atoms with van der Waals surface area (Å²) in [7, 11) is 4.52. The fourth-order valence-corrected chi connectivity index (χ4v) is 20.3. The molecule has 3 aromatic rings. The average molecular weight is 1770 g/mol. The number of nitrogens with one attached hydrogen (secondary N) is 1. The van der Waals surface area contributed by atoms with E-state index in [9.17, 15) is 78.6 Å². The third-order valence-corrected chi connectivity index (χ3v) is 28.0. The lowest BCUT2D eigenvalue weighted by molar-refractivity contribution is -0.346. The van der Waals surface area contributed by atoms with Crippen LogP contribution >= 0.6 is 0 Å². The number of benzene rings is 3. The molecule has 4 aliphatic carbocycles. The van der Waals surface area contributed by atoms with E-state index in [4.69, 9.17) is 47.4 Å². The van der Waals surface area contributed by atoms with E-state index in [0.717, 1.165) is 25.8 Å². The Morgan fingerprint density at radius 3 is 1.97 bits per heavy atom. The Balaban J connectivity index is 0.000000265. The van der Waals surface area contributed by atoms with Crippen molar-refractivity contribution in [3.8, 4) is 0 Å². The number of aliphatic hydroxyl groups excluding tert-OH is 4. The molecule has 3 aromatic carbocycles. The number of ketones is 4. The molecule has 0 unspecified atom stereocenters. The summed E-state index contributed by atoms with van der Waals surface area (Å²) in [6, 6.07) is 21.8. The van der Waals surface area contributed by atoms with E-state index in [1.807, 2.05) is 58.1 Å². The molecule has 26 atom stereocenters. The number of carbonyl (C=O) groups excluding carboxylic acids is 11. The van der Waals surface area contributed by atoms with Crippen molar-refractivity contribution in [2.24, 2.45) is 52.3 Å². The summed E-state index contributed by atoms with van der Waals surface area (Å²) in [5, 5.41) is 74.1. The van der Waals surface area contributed by atoms with Gasteiger partial charge in [-0.05, 0) is 162 Å². The van der Waals surface area contributed by atoms with E-state index < -0.39 is 196 Å². The van der Waals surface area contributed by atoms with Crippen LogP contribution in [-0.4, -0.2) is 237 Å². The average Bonchev–Trinajstić information content (AvgIpc) is 0.666. The molecule has 694 valence electrons. The first-order chi connectivity index (χ1) is 60.0. The van der Waals surface area contributed by atoms with Crippen LogP contribution in [0.25, 0.3) is 0 Å². The van der Waals surface area contributed by atoms with Crippen LogP contribution in [0.4, 0.5) is 0 Å². The number of rotatable bonds is 16. The Morgan fingerprint density at radius 2 is 1.35 bits per heavy atom. The van der Waals surface area contributed by atoms with Crippen molar-refractivity contribution in [3.63, 3.8) is 0 Å². The molecule has 127 heavy (non-hydrogen) atoms. The monoisotopic (exact) mass is 1770 g/mol. The Morgan fingerprint density at radius 1 is 0.701 bits per heavy atom. The first-order valence-corrected chi connectivity index (χ1v) is 44.4. The van der Waals surface area contributed by atoms with Gasteiger partial charge in [-0.2, -0.15) is 0 Å². The highest BCUT2D eigenvalue weighted by Crippen LogP contribution is 2.65. The molecule has 4 bridgehead atoms. The fourth-order valence-electron chi connectivity index (χ4n) is 20.3. The molecule has 0 spiro atoms. The first-order valence-electron chi connectivity index (χ1n) is 44.4. The van der Waals surface area contributed by atoms with Crippen molar-refractivity contribution in [1.29, 1.82) is 0 Å². The summed E-state index contributed by atoms with van der Waals surface area (Å²) in [5.74, 6) is -14.8. The molecule has 4 aliphatic heterocycles. The van der Waals surface area contributed by atoms with E-state index in [2.05, 4.69) is 5.32 Å². The summed E-state index contributed by atoms with van der Waals surface area (Å²) in [4.78, 5) is 155. The Labute approximate surface area is 743 Å². The van der Waals surface area contributed by atoms with Gasteiger partial charge in [-0.25, -0.2) is 14.4 Å². The standard InChI is InChI=1S/C51H79NO13.C47H51NO14/c1-30-16-12-11-13-17-31(2)42(61-8)28-38-21-19-36(7)51(60,65-38)48(57)49(58)52-23-15-14-18-39(52)50(59)64-43(33(4)26-37-20-22-40(53)44(27-37)62-9)29-41(54)32(3)25-35(6)46(56)47(63-10)45(55)34(5)24-30;1-25-31(60-43(56)36(52)35(28-16-10-7-11-17-28)48-41(54)29-18-12-8-13-19-29)23-47(57)40(61-42(55)30-20-14-9-15-21-30)38-45(6,32(51)22-33-46(38,24-58-33)62-27(3)50)39(53)37(59-26(2)49)34(25)44(47,4)5/h11-13,16-17,25,30,32-34,36-40,42-44,46-47,53,56,60H,14-15,18-24,26-29H2,1-10H3;7-21,31-33,35-38,40,51-52,57H,22-24H2,1-6H3,(H,48,54)/b13-11+,16-12+,31-17+,35-25+;/t30-,32-,33-,34-,36-,37+,38+,39+,40-,42+,43+,44-,46-,47+,51-;31-,32-,33+,35-,36+,37+,38-,40-,45+,46-,47+/m10/s1. The minimum absolute atomic E-state index is 0.00289. The van der Waals surface area contributed by atoms with Crippen molar-refractivity contribution >= 4 is 64.8 Å². The lowest BCUT2D eigenvalue weighted by Crippen LogP contribution is -2.82. The van der Waals surface area contributed by atoms with Gasteiger partial charge in [0, 0.05) is 96.1 Å². The van der Waals surface area contributed by atoms with Crippen LogP contribution in [0, 0.1) is 52.3 Å². The number of allylic oxidation sites excluding steroid dienone is 6. The molecule has 6 fully saturated rings. The van der Waals surface area contributed by atoms with Crippen molar-refractivity contribution in [2.75, 3.05) is 34.5 Å². The first kappa shape index (κ1) is 100. The number of hydrogen-bond donors (Lipinski definition) is 7. The van der Waals surface area contributed by atoms with Crippen LogP contribution in [-0.2, 0) is 90.5 Å². The number of Topliss-reactive ketones (excluding diaryl/α,β-unsaturated/α-hetero) is 4. The molecular formula is C98H130N2O27. The zero-order chi connectivity index (χ0) is 93.1. The van der Waals surface area contributed by atoms with Gasteiger partial charge in [0.05, 0.1) is 60.1 Å². The van der Waals surface area contributed by atoms with Crippen molar-refractivity contribution < 1.29 is 131 Å². The number of aliphatic hydroxyl groups is 6. The smallest absolute Gasteiger partial charge is 0.338 e. The van der Waals surface area contributed by atoms with E-state index >= 15 is 4.79 Å². The third-order valence-electron chi connectivity index (χ3n) is 28.0. The molecule has 7 N–H and O–H groups in total. The van der Waals surface area contributed by atoms with Gasteiger partial charge in [0.1, 0.15) is 54.0 Å². The van der Waals surface area contributed by atoms with E-state index in [-0.39, 0.29) is 90.1 Å². The van der Waals surface area contributed by atoms with Gasteiger partial charge in [-0.1, -0.05) is 152 Å². The van der Waals surface area contributed by atoms with Crippen LogP contribution in [0.15, 0.2) is 150 Å². The van der Waals surface area contributed by atoms with Gasteiger partial charge in [0.2, 0.25) is 5.79 Å². The van der Waals surface area contributed by atoms with Crippen LogP contribution in [0.1, 0.15) is 212 Å². The second kappa shape index (κ2) is 42.6. The fraction of sp³-hybridized carbons (Fsp3) is 0.602. The quantitative estimate of drug-likeness (QED) is 0.0303. The number of piperidine rings is 1. The highest BCUT2D eigenvalue weighted by Gasteiger charge is 2.78. The Hall–Kier alpha value is -9.11. The van der Waals surface area contributed by atoms with E-state index in [1.54, 1.807) is 134 Å². The van der Waals surface area contributed by atoms with Crippen molar-refractivity contribution in [3.05, 3.63) is 166 Å². The predicted octanol–water partition coefficient (Wildman–Crippen LogP) is 9.92. The summed E-state index contributed by atoms with van der Waals surface area (Å²) < 4.78 is 59.6. The maximum Gasteiger partial charge on any atom is 0.338 e. The lowest BCUT2D eigenvalue weighted by Gasteiger charge is -2.67. The summed E-state index contributed by atoms with van der Waals surface area (Å²) in [6.45, 7) is 20.7. The normalized spacial score (nSPS) is 36.2. The molecule has 2 amide bonds. The molecule has 0 radical (unpaired) electrons. The minimum atomic E-state index is -2.43. The van der Waals surface area contributed by atoms with E-state index in [1.165, 1.54) is 38.0 Å². The molecule has 29 heteroatoms. The number of methoxy groups -OCH3 is 3. The number of fused-ring (bicyclic) bond motifs is 8. The number of ether oxygens (including phenoxy) is 10. The zero-order valence-electron chi connectivity index (χ0n) is 75.8. The molecule has 0 aromatic heterocycles. The number of nitrogens with zero attached hydrogens (tertiary/aromatic N) is 1. The maximum absolute atomic E-state index is 15.5. The van der Waals surface area contributed by atoms with Gasteiger partial charge >= 0.3 is 29.8 Å². The van der Waals surface area contributed by atoms with Crippen LogP contribution in [0.2, 0.25) is 0 Å². The summed E-state index contributed by atoms with van der Waals surface area (Å²) in [6.07, 6.45) is 0.672. The molecule has 11 rings (SSSR count). The highest BCUT2D eigenvalue weighted by atomic mass is 16.6. The van der Waals surface area contributed by atoms with E-state index in [0.29, 0.717) is 68.9 Å². The second-order valence-electron chi connectivity index (χ2n) is 36.9. The SMILES string of the molecule is CC(=O)O[C@H]1C(=O)[C@@]2(C)[C@H]([C@H](OC(=O)c3ccccc3)[C@]3(O)C[C@H](OC(=O)[C@H](O)[C@@H](NC(=O)c4ccccc4)c4ccccc4)C(C)=C1C3(C)C)[C@]1(OC(C)=O)CO[C@@H]1C[C@@H]2O.CO[C@H]1C[C@@H]2CC[C@@H](C)[C@@](O)(O2)C(=O)C(=O)N2CCCC[C@H]2C(=O)O[C@H]([C@H](C)C[C@@H]2CC[C@@H](O)[C@H](OC)C2)CC(=O)[C@H](C)/C=C(\C)[C@@H](O)[C@@H](OC)C(=O)[C@H](C)C[C@H](C)/C=C/C=C/C=C/1C. The molecule has 3 saturated carbocycles. The number of cyclic esters (lactones) is 1. The molecule has 4 heterocycles. The van der Waals surface area contributed by atoms with Crippen LogP contribution in [0.5, 0.6) is 0 Å². The summed E-state index contributed by atoms with van der Waals surface area (Å²) >= 11 is 0. The zero-order valence-corrected chi connectivity index (χ0v) is 75.8. The molecule has 29 nitrogen and oxygen atoms in total. The van der Waals surface area contributed by atoms with Gasteiger partial charge in [0.25, 0.3) is 17.6 Å². The number of esters is 5. The van der Waals surface area contributed by atoms with Gasteiger partial charge in [0.15, 0.2) is 29.4 Å². The Kier molecular flexibility index (Phi) is 33.6. The number of carbonyl (C=O) groups is 11. The minimum Gasteiger partial charge on any atom is -0.460 e. The van der Waals surface area contributed by atoms with Gasteiger partial charge in [-0.15, -0.1) is 0 Å². The Bertz CT molecular complexity index is 4600. The number of amides is 2. The number of hydrogen-bond acceptors (Lipinski definition) is 27. The van der Waals surface area contributed by atoms with Gasteiger partial charge in [-0.3, -0.25) is 38.4 Å². The lowest BCUT2D eigenvalue weighted by atomic mass is 9.44. The second-order valence-corrected chi connectivity index (χ2v) is 36.9. The molecule has 8 aliphatic rings.